The van der Waals surface area contributed by atoms with E-state index in [0.29, 0.717) is 19.8 Å². The maximum absolute atomic E-state index is 13.8. The lowest BCUT2D eigenvalue weighted by Crippen LogP contribution is -2.44. The summed E-state index contributed by atoms with van der Waals surface area (Å²) < 4.78 is 33.6. The normalized spacial score (nSPS) is 16.4. The molecule has 0 unspecified atom stereocenters. The minimum Gasteiger partial charge on any atom is -0.381 e. The van der Waals surface area contributed by atoms with E-state index in [4.69, 9.17) is 4.74 Å². The van der Waals surface area contributed by atoms with Crippen molar-refractivity contribution in [1.29, 1.82) is 0 Å². The molecule has 25 heavy (non-hydrogen) atoms. The molecule has 3 nitrogen and oxygen atoms in total. The van der Waals surface area contributed by atoms with E-state index >= 15 is 0 Å². The molecule has 0 spiro atoms. The molecule has 1 heterocycles. The molecule has 0 aliphatic carbocycles. The highest BCUT2D eigenvalue weighted by Crippen LogP contribution is 2.35. The Labute approximate surface area is 153 Å². The van der Waals surface area contributed by atoms with E-state index in [2.05, 4.69) is 21.2 Å². The first-order chi connectivity index (χ1) is 12.0. The Kier molecular flexibility index (Phi) is 5.49. The number of hydrogen-bond donors (Lipinski definition) is 1. The summed E-state index contributed by atoms with van der Waals surface area (Å²) in [6, 6.07) is 11.5. The number of ether oxygens (including phenoxy) is 1. The van der Waals surface area contributed by atoms with Crippen molar-refractivity contribution in [2.75, 3.05) is 19.8 Å². The molecule has 1 aliphatic heterocycles. The molecule has 1 fully saturated rings. The van der Waals surface area contributed by atoms with Gasteiger partial charge in [0, 0.05) is 29.6 Å². The fraction of sp³-hybridized carbons (Fsp3) is 0.316. The van der Waals surface area contributed by atoms with Gasteiger partial charge in [0.25, 0.3) is 5.91 Å². The van der Waals surface area contributed by atoms with Crippen LogP contribution < -0.4 is 5.32 Å². The molecule has 132 valence electrons. The number of benzene rings is 2. The standard InChI is InChI=1S/C19H18BrF2NO2/c20-14-4-1-3-13(11-14)19(7-9-25-10-8-19)12-23-18(24)15-5-2-6-16(21)17(15)22/h1-6,11H,7-10,12H2,(H,23,24). The summed E-state index contributed by atoms with van der Waals surface area (Å²) in [6.07, 6.45) is 1.49. The van der Waals surface area contributed by atoms with E-state index in [0.717, 1.165) is 28.9 Å². The van der Waals surface area contributed by atoms with Gasteiger partial charge in [0.2, 0.25) is 0 Å². The van der Waals surface area contributed by atoms with E-state index in [-0.39, 0.29) is 11.0 Å². The Morgan fingerprint density at radius 2 is 1.88 bits per heavy atom. The Hall–Kier alpha value is -1.79. The smallest absolute Gasteiger partial charge is 0.254 e. The Bertz CT molecular complexity index is 776. The molecule has 0 radical (unpaired) electrons. The number of amides is 1. The highest BCUT2D eigenvalue weighted by Gasteiger charge is 2.35. The quantitative estimate of drug-likeness (QED) is 0.821. The number of carbonyl (C=O) groups excluding carboxylic acids is 1. The monoisotopic (exact) mass is 409 g/mol. The second-order valence-corrected chi connectivity index (χ2v) is 7.10. The summed E-state index contributed by atoms with van der Waals surface area (Å²) >= 11 is 3.48. The molecular formula is C19H18BrF2NO2. The van der Waals surface area contributed by atoms with Gasteiger partial charge in [-0.25, -0.2) is 8.78 Å². The molecule has 0 atom stereocenters. The summed E-state index contributed by atoms with van der Waals surface area (Å²) in [4.78, 5) is 12.3. The molecule has 0 bridgehead atoms. The second kappa shape index (κ2) is 7.62. The zero-order valence-corrected chi connectivity index (χ0v) is 15.1. The molecule has 1 saturated heterocycles. The maximum Gasteiger partial charge on any atom is 0.254 e. The van der Waals surface area contributed by atoms with Crippen LogP contribution in [0.4, 0.5) is 8.78 Å². The lowest BCUT2D eigenvalue weighted by atomic mass is 9.74. The van der Waals surface area contributed by atoms with Gasteiger partial charge >= 0.3 is 0 Å². The third-order valence-corrected chi connectivity index (χ3v) is 5.16. The fourth-order valence-electron chi connectivity index (χ4n) is 3.17. The highest BCUT2D eigenvalue weighted by atomic mass is 79.9. The summed E-state index contributed by atoms with van der Waals surface area (Å²) in [5.41, 5.74) is 0.517. The van der Waals surface area contributed by atoms with E-state index in [1.54, 1.807) is 0 Å². The number of halogens is 3. The van der Waals surface area contributed by atoms with Crippen molar-refractivity contribution in [2.45, 2.75) is 18.3 Å². The third kappa shape index (κ3) is 3.90. The molecule has 6 heteroatoms. The molecule has 1 aliphatic rings. The number of rotatable bonds is 4. The molecular weight excluding hydrogens is 392 g/mol. The van der Waals surface area contributed by atoms with Crippen LogP contribution in [-0.4, -0.2) is 25.7 Å². The van der Waals surface area contributed by atoms with Crippen LogP contribution in [-0.2, 0) is 10.2 Å². The van der Waals surface area contributed by atoms with Crippen LogP contribution in [0.3, 0.4) is 0 Å². The molecule has 2 aromatic carbocycles. The van der Waals surface area contributed by atoms with Crippen LogP contribution in [0.25, 0.3) is 0 Å². The van der Waals surface area contributed by atoms with E-state index < -0.39 is 17.5 Å². The largest absolute Gasteiger partial charge is 0.381 e. The van der Waals surface area contributed by atoms with Gasteiger partial charge in [-0.15, -0.1) is 0 Å². The minimum absolute atomic E-state index is 0.281. The van der Waals surface area contributed by atoms with Crippen LogP contribution in [0, 0.1) is 11.6 Å². The predicted molar refractivity (Wildman–Crippen MR) is 94.6 cm³/mol. The molecule has 1 amide bonds. The SMILES string of the molecule is O=C(NCC1(c2cccc(Br)c2)CCOCC1)c1cccc(F)c1F. The van der Waals surface area contributed by atoms with Crippen molar-refractivity contribution in [3.05, 3.63) is 69.7 Å². The van der Waals surface area contributed by atoms with Crippen molar-refractivity contribution in [3.63, 3.8) is 0 Å². The topological polar surface area (TPSA) is 38.3 Å². The second-order valence-electron chi connectivity index (χ2n) is 6.19. The van der Waals surface area contributed by atoms with Crippen LogP contribution in [0.5, 0.6) is 0 Å². The summed E-state index contributed by atoms with van der Waals surface area (Å²) in [6.45, 7) is 1.52. The Balaban J connectivity index is 1.82. The van der Waals surface area contributed by atoms with Crippen LogP contribution in [0.15, 0.2) is 46.9 Å². The van der Waals surface area contributed by atoms with E-state index in [1.165, 1.54) is 12.1 Å². The van der Waals surface area contributed by atoms with Crippen molar-refractivity contribution < 1.29 is 18.3 Å². The van der Waals surface area contributed by atoms with Crippen molar-refractivity contribution in [1.82, 2.24) is 5.32 Å². The van der Waals surface area contributed by atoms with Crippen LogP contribution in [0.1, 0.15) is 28.8 Å². The fourth-order valence-corrected chi connectivity index (χ4v) is 3.57. The van der Waals surface area contributed by atoms with Gasteiger partial charge in [0.15, 0.2) is 11.6 Å². The molecule has 0 aromatic heterocycles. The zero-order valence-electron chi connectivity index (χ0n) is 13.5. The minimum atomic E-state index is -1.12. The van der Waals surface area contributed by atoms with E-state index in [9.17, 15) is 13.6 Å². The molecule has 1 N–H and O–H groups in total. The Morgan fingerprint density at radius 3 is 2.60 bits per heavy atom. The van der Waals surface area contributed by atoms with Gasteiger partial charge in [-0.1, -0.05) is 34.1 Å². The van der Waals surface area contributed by atoms with Gasteiger partial charge in [-0.05, 0) is 42.7 Å². The summed E-state index contributed by atoms with van der Waals surface area (Å²) in [5.74, 6) is -2.76. The van der Waals surface area contributed by atoms with Gasteiger partial charge in [0.1, 0.15) is 0 Å². The maximum atomic E-state index is 13.8. The number of nitrogens with one attached hydrogen (secondary N) is 1. The number of hydrogen-bond acceptors (Lipinski definition) is 2. The average molecular weight is 410 g/mol. The Morgan fingerprint density at radius 1 is 1.16 bits per heavy atom. The van der Waals surface area contributed by atoms with E-state index in [1.807, 2.05) is 24.3 Å². The lowest BCUT2D eigenvalue weighted by Gasteiger charge is -2.38. The van der Waals surface area contributed by atoms with Crippen molar-refractivity contribution >= 4 is 21.8 Å². The third-order valence-electron chi connectivity index (χ3n) is 4.67. The van der Waals surface area contributed by atoms with Gasteiger partial charge in [-0.3, -0.25) is 4.79 Å². The highest BCUT2D eigenvalue weighted by molar-refractivity contribution is 9.10. The summed E-state index contributed by atoms with van der Waals surface area (Å²) in [5, 5.41) is 2.78. The molecule has 3 rings (SSSR count). The van der Waals surface area contributed by atoms with Crippen molar-refractivity contribution in [2.24, 2.45) is 0 Å². The average Bonchev–Trinajstić information content (AvgIpc) is 2.63. The van der Waals surface area contributed by atoms with Gasteiger partial charge in [-0.2, -0.15) is 0 Å². The van der Waals surface area contributed by atoms with Gasteiger partial charge in [0.05, 0.1) is 5.56 Å². The van der Waals surface area contributed by atoms with Crippen LogP contribution >= 0.6 is 15.9 Å². The van der Waals surface area contributed by atoms with Crippen LogP contribution in [0.2, 0.25) is 0 Å². The first-order valence-corrected chi connectivity index (χ1v) is 8.87. The predicted octanol–water partition coefficient (Wildman–Crippen LogP) is 4.21. The molecule has 2 aromatic rings. The van der Waals surface area contributed by atoms with Gasteiger partial charge < -0.3 is 10.1 Å². The first-order valence-electron chi connectivity index (χ1n) is 8.08. The first kappa shape index (κ1) is 18.0. The molecule has 0 saturated carbocycles. The summed E-state index contributed by atoms with van der Waals surface area (Å²) in [7, 11) is 0. The zero-order chi connectivity index (χ0) is 17.9. The number of carbonyl (C=O) groups is 1. The lowest BCUT2D eigenvalue weighted by molar-refractivity contribution is 0.0486. The van der Waals surface area contributed by atoms with Crippen molar-refractivity contribution in [3.8, 4) is 0 Å².